The van der Waals surface area contributed by atoms with Crippen LogP contribution in [0.25, 0.3) is 0 Å². The fourth-order valence-electron chi connectivity index (χ4n) is 1.11. The molecule has 68 valence electrons. The molecule has 0 bridgehead atoms. The van der Waals surface area contributed by atoms with Crippen LogP contribution in [-0.4, -0.2) is 11.7 Å². The Labute approximate surface area is 76.6 Å². The van der Waals surface area contributed by atoms with Gasteiger partial charge in [-0.3, -0.25) is 9.59 Å². The molecule has 2 N–H and O–H groups in total. The molecule has 3 nitrogen and oxygen atoms in total. The van der Waals surface area contributed by atoms with Crippen LogP contribution in [0.3, 0.4) is 0 Å². The maximum Gasteiger partial charge on any atom is 0.289 e. The van der Waals surface area contributed by atoms with Gasteiger partial charge in [0.15, 0.2) is 0 Å². The van der Waals surface area contributed by atoms with Crippen LogP contribution in [0.15, 0.2) is 18.2 Å². The zero-order valence-electron chi connectivity index (χ0n) is 7.63. The molecule has 0 saturated carbocycles. The summed E-state index contributed by atoms with van der Waals surface area (Å²) in [5.74, 6) is -1.53. The first-order valence-electron chi connectivity index (χ1n) is 3.93. The van der Waals surface area contributed by atoms with Crippen molar-refractivity contribution in [2.45, 2.75) is 13.8 Å². The largest absolute Gasteiger partial charge is 0.363 e. The third kappa shape index (κ3) is 1.93. The van der Waals surface area contributed by atoms with Crippen LogP contribution in [-0.2, 0) is 4.79 Å². The quantitative estimate of drug-likeness (QED) is 0.540. The lowest BCUT2D eigenvalue weighted by molar-refractivity contribution is -0.114. The number of carbonyl (C=O) groups is 2. The van der Waals surface area contributed by atoms with Gasteiger partial charge in [-0.25, -0.2) is 0 Å². The Morgan fingerprint density at radius 2 is 1.85 bits per heavy atom. The molecule has 0 heterocycles. The number of benzene rings is 1. The van der Waals surface area contributed by atoms with Crippen molar-refractivity contribution in [3.05, 3.63) is 34.9 Å². The summed E-state index contributed by atoms with van der Waals surface area (Å²) in [6, 6.07) is 5.35. The second-order valence-corrected chi connectivity index (χ2v) is 3.01. The van der Waals surface area contributed by atoms with E-state index in [-0.39, 0.29) is 0 Å². The SMILES string of the molecule is Cc1ccc(C)c(C(=O)C(N)=O)c1. The van der Waals surface area contributed by atoms with Crippen LogP contribution in [0.1, 0.15) is 21.5 Å². The Bertz CT molecular complexity index is 369. The summed E-state index contributed by atoms with van der Waals surface area (Å²) in [5, 5.41) is 0. The first-order valence-corrected chi connectivity index (χ1v) is 3.93. The minimum Gasteiger partial charge on any atom is -0.363 e. The summed E-state index contributed by atoms with van der Waals surface area (Å²) in [4.78, 5) is 21.9. The number of primary amides is 1. The van der Waals surface area contributed by atoms with Crippen molar-refractivity contribution in [3.8, 4) is 0 Å². The number of Topliss-reactive ketones (excluding diaryl/α,β-unsaturated/α-hetero) is 1. The standard InChI is InChI=1S/C10H11NO2/c1-6-3-4-7(2)8(5-6)9(12)10(11)13/h3-5H,1-2H3,(H2,11,13). The molecule has 1 rings (SSSR count). The van der Waals surface area contributed by atoms with Crippen molar-refractivity contribution in [3.63, 3.8) is 0 Å². The van der Waals surface area contributed by atoms with E-state index in [2.05, 4.69) is 0 Å². The van der Waals surface area contributed by atoms with Gasteiger partial charge in [0.25, 0.3) is 5.91 Å². The minimum absolute atomic E-state index is 0.396. The lowest BCUT2D eigenvalue weighted by atomic mass is 10.0. The smallest absolute Gasteiger partial charge is 0.289 e. The Morgan fingerprint density at radius 3 is 2.38 bits per heavy atom. The topological polar surface area (TPSA) is 60.2 Å². The first-order chi connectivity index (χ1) is 6.02. The number of rotatable bonds is 2. The number of hydrogen-bond acceptors (Lipinski definition) is 2. The third-order valence-electron chi connectivity index (χ3n) is 1.86. The van der Waals surface area contributed by atoms with Crippen molar-refractivity contribution < 1.29 is 9.59 Å². The van der Waals surface area contributed by atoms with Gasteiger partial charge >= 0.3 is 0 Å². The van der Waals surface area contributed by atoms with Gasteiger partial charge in [0.05, 0.1) is 0 Å². The zero-order chi connectivity index (χ0) is 10.0. The van der Waals surface area contributed by atoms with E-state index in [1.54, 1.807) is 19.1 Å². The predicted octanol–water partition coefficient (Wildman–Crippen LogP) is 0.971. The van der Waals surface area contributed by atoms with Crippen molar-refractivity contribution in [1.29, 1.82) is 0 Å². The summed E-state index contributed by atoms with van der Waals surface area (Å²) in [6.45, 7) is 3.63. The maximum absolute atomic E-state index is 11.2. The molecule has 0 radical (unpaired) electrons. The Kier molecular flexibility index (Phi) is 2.46. The van der Waals surface area contributed by atoms with E-state index in [9.17, 15) is 9.59 Å². The third-order valence-corrected chi connectivity index (χ3v) is 1.86. The van der Waals surface area contributed by atoms with Gasteiger partial charge in [0, 0.05) is 5.56 Å². The average Bonchev–Trinajstić information content (AvgIpc) is 2.08. The lowest BCUT2D eigenvalue weighted by Gasteiger charge is -2.02. The van der Waals surface area contributed by atoms with Crippen molar-refractivity contribution in [2.75, 3.05) is 0 Å². The highest BCUT2D eigenvalue weighted by atomic mass is 16.2. The number of aryl methyl sites for hydroxylation is 2. The predicted molar refractivity (Wildman–Crippen MR) is 49.4 cm³/mol. The minimum atomic E-state index is -0.909. The average molecular weight is 177 g/mol. The van der Waals surface area contributed by atoms with Crippen LogP contribution in [0.5, 0.6) is 0 Å². The molecular weight excluding hydrogens is 166 g/mol. The Balaban J connectivity index is 3.21. The molecule has 1 amide bonds. The zero-order valence-corrected chi connectivity index (χ0v) is 7.63. The molecule has 0 spiro atoms. The fraction of sp³-hybridized carbons (Fsp3) is 0.200. The van der Waals surface area contributed by atoms with Gasteiger partial charge in [-0.05, 0) is 25.5 Å². The van der Waals surface area contributed by atoms with Gasteiger partial charge in [-0.15, -0.1) is 0 Å². The van der Waals surface area contributed by atoms with Gasteiger partial charge in [0.2, 0.25) is 5.78 Å². The van der Waals surface area contributed by atoms with E-state index in [1.165, 1.54) is 0 Å². The first kappa shape index (κ1) is 9.45. The number of ketones is 1. The molecule has 1 aromatic rings. The van der Waals surface area contributed by atoms with Gasteiger partial charge in [-0.1, -0.05) is 17.7 Å². The fourth-order valence-corrected chi connectivity index (χ4v) is 1.11. The molecule has 3 heteroatoms. The monoisotopic (exact) mass is 177 g/mol. The van der Waals surface area contributed by atoms with Crippen LogP contribution in [0.4, 0.5) is 0 Å². The van der Waals surface area contributed by atoms with E-state index < -0.39 is 11.7 Å². The molecule has 13 heavy (non-hydrogen) atoms. The van der Waals surface area contributed by atoms with E-state index in [0.29, 0.717) is 5.56 Å². The van der Waals surface area contributed by atoms with E-state index >= 15 is 0 Å². The van der Waals surface area contributed by atoms with Crippen LogP contribution in [0, 0.1) is 13.8 Å². The molecule has 0 aliphatic carbocycles. The van der Waals surface area contributed by atoms with E-state index in [4.69, 9.17) is 5.73 Å². The second-order valence-electron chi connectivity index (χ2n) is 3.01. The van der Waals surface area contributed by atoms with E-state index in [0.717, 1.165) is 11.1 Å². The van der Waals surface area contributed by atoms with Crippen molar-refractivity contribution in [1.82, 2.24) is 0 Å². The lowest BCUT2D eigenvalue weighted by Crippen LogP contribution is -2.23. The van der Waals surface area contributed by atoms with E-state index in [1.807, 2.05) is 13.0 Å². The molecule has 0 aliphatic heterocycles. The maximum atomic E-state index is 11.2. The molecular formula is C10H11NO2. The number of nitrogens with two attached hydrogens (primary N) is 1. The summed E-state index contributed by atoms with van der Waals surface area (Å²) in [6.07, 6.45) is 0. The molecule has 0 aliphatic rings. The highest BCUT2D eigenvalue weighted by molar-refractivity contribution is 6.42. The summed E-state index contributed by atoms with van der Waals surface area (Å²) in [5.41, 5.74) is 7.01. The normalized spacial score (nSPS) is 9.69. The van der Waals surface area contributed by atoms with Gasteiger partial charge < -0.3 is 5.73 Å². The summed E-state index contributed by atoms with van der Waals surface area (Å²) in [7, 11) is 0. The summed E-state index contributed by atoms with van der Waals surface area (Å²) < 4.78 is 0. The van der Waals surface area contributed by atoms with Crippen molar-refractivity contribution >= 4 is 11.7 Å². The van der Waals surface area contributed by atoms with Gasteiger partial charge in [0.1, 0.15) is 0 Å². The molecule has 0 aromatic heterocycles. The highest BCUT2D eigenvalue weighted by Gasteiger charge is 2.14. The molecule has 0 saturated heterocycles. The number of carbonyl (C=O) groups excluding carboxylic acids is 2. The Morgan fingerprint density at radius 1 is 1.23 bits per heavy atom. The van der Waals surface area contributed by atoms with Crippen molar-refractivity contribution in [2.24, 2.45) is 5.73 Å². The highest BCUT2D eigenvalue weighted by Crippen LogP contribution is 2.10. The summed E-state index contributed by atoms with van der Waals surface area (Å²) >= 11 is 0. The second kappa shape index (κ2) is 3.39. The molecule has 0 atom stereocenters. The van der Waals surface area contributed by atoms with Crippen LogP contribution in [0.2, 0.25) is 0 Å². The number of hydrogen-bond donors (Lipinski definition) is 1. The molecule has 0 unspecified atom stereocenters. The molecule has 1 aromatic carbocycles. The Hall–Kier alpha value is -1.64. The molecule has 0 fully saturated rings. The van der Waals surface area contributed by atoms with Crippen LogP contribution < -0.4 is 5.73 Å². The van der Waals surface area contributed by atoms with Gasteiger partial charge in [-0.2, -0.15) is 0 Å². The van der Waals surface area contributed by atoms with Crippen LogP contribution >= 0.6 is 0 Å². The number of amides is 1.